The Hall–Kier alpha value is -1.43. The van der Waals surface area contributed by atoms with Gasteiger partial charge in [0.05, 0.1) is 0 Å². The molecule has 0 aliphatic carbocycles. The maximum Gasteiger partial charge on any atom is 0.273 e. The maximum atomic E-state index is 6.78. The molecule has 0 spiro atoms. The van der Waals surface area contributed by atoms with Crippen LogP contribution in [0.2, 0.25) is 0 Å². The summed E-state index contributed by atoms with van der Waals surface area (Å²) in [6, 6.07) is 1.61. The maximum absolute atomic E-state index is 6.78. The van der Waals surface area contributed by atoms with E-state index in [9.17, 15) is 0 Å². The summed E-state index contributed by atoms with van der Waals surface area (Å²) in [4.78, 5) is 11.4. The predicted octanol–water partition coefficient (Wildman–Crippen LogP) is 2.32. The second kappa shape index (κ2) is 2.90. The Balaban J connectivity index is 3.13. The van der Waals surface area contributed by atoms with Crippen LogP contribution in [-0.2, 0) is 5.41 Å². The number of nitrogens with zero attached hydrogens (tertiary/aromatic N) is 3. The first kappa shape index (κ1) is 8.66. The second-order valence-corrected chi connectivity index (χ2v) is 3.60. The van der Waals surface area contributed by atoms with Crippen molar-refractivity contribution in [1.29, 1.82) is 0 Å². The van der Waals surface area contributed by atoms with Crippen molar-refractivity contribution >= 4 is 5.82 Å². The van der Waals surface area contributed by atoms with Crippen LogP contribution in [0.25, 0.3) is 4.85 Å². The highest BCUT2D eigenvalue weighted by molar-refractivity contribution is 5.34. The summed E-state index contributed by atoms with van der Waals surface area (Å²) in [6.07, 6.45) is 1.63. The smallest absolute Gasteiger partial charge is 0.273 e. The van der Waals surface area contributed by atoms with Crippen LogP contribution < -0.4 is 0 Å². The summed E-state index contributed by atoms with van der Waals surface area (Å²) in [5.74, 6) is 1.13. The SMILES string of the molecule is [C-]#[N+]c1ccnc(C(C)(C)C)n1. The van der Waals surface area contributed by atoms with Crippen LogP contribution in [0, 0.1) is 6.57 Å². The molecule has 3 heteroatoms. The zero-order valence-electron chi connectivity index (χ0n) is 7.50. The van der Waals surface area contributed by atoms with E-state index < -0.39 is 0 Å². The highest BCUT2D eigenvalue weighted by Crippen LogP contribution is 2.19. The fourth-order valence-electron chi connectivity index (χ4n) is 0.773. The highest BCUT2D eigenvalue weighted by Gasteiger charge is 2.20. The summed E-state index contributed by atoms with van der Waals surface area (Å²) < 4.78 is 0. The van der Waals surface area contributed by atoms with E-state index in [1.807, 2.05) is 20.8 Å². The van der Waals surface area contributed by atoms with Crippen molar-refractivity contribution < 1.29 is 0 Å². The molecule has 1 rings (SSSR count). The van der Waals surface area contributed by atoms with Crippen LogP contribution >= 0.6 is 0 Å². The van der Waals surface area contributed by atoms with Gasteiger partial charge in [0.2, 0.25) is 5.82 Å². The normalized spacial score (nSPS) is 10.8. The Morgan fingerprint density at radius 1 is 1.42 bits per heavy atom. The summed E-state index contributed by atoms with van der Waals surface area (Å²) in [7, 11) is 0. The minimum atomic E-state index is -0.0826. The third-order valence-electron chi connectivity index (χ3n) is 1.43. The fraction of sp³-hybridized carbons (Fsp3) is 0.444. The molecule has 0 amide bonds. The molecule has 1 aromatic rings. The molecule has 62 valence electrons. The van der Waals surface area contributed by atoms with Gasteiger partial charge in [0.15, 0.2) is 0 Å². The molecule has 1 aromatic heterocycles. The molecule has 0 bridgehead atoms. The molecule has 0 N–H and O–H groups in total. The Bertz CT molecular complexity index is 317. The summed E-state index contributed by atoms with van der Waals surface area (Å²) in [5.41, 5.74) is -0.0826. The zero-order chi connectivity index (χ0) is 9.19. The Morgan fingerprint density at radius 2 is 2.08 bits per heavy atom. The monoisotopic (exact) mass is 161 g/mol. The summed E-state index contributed by atoms with van der Waals surface area (Å²) in [6.45, 7) is 12.9. The molecule has 0 saturated heterocycles. The van der Waals surface area contributed by atoms with E-state index in [0.717, 1.165) is 5.82 Å². The quantitative estimate of drug-likeness (QED) is 0.546. The lowest BCUT2D eigenvalue weighted by Gasteiger charge is -2.11. The number of rotatable bonds is 0. The van der Waals surface area contributed by atoms with Crippen molar-refractivity contribution in [1.82, 2.24) is 9.97 Å². The molecular formula is C9H11N3. The van der Waals surface area contributed by atoms with E-state index in [1.54, 1.807) is 12.3 Å². The first-order valence-electron chi connectivity index (χ1n) is 3.75. The van der Waals surface area contributed by atoms with Gasteiger partial charge in [-0.1, -0.05) is 27.3 Å². The molecule has 0 aliphatic heterocycles. The van der Waals surface area contributed by atoms with Gasteiger partial charge in [-0.3, -0.25) is 0 Å². The van der Waals surface area contributed by atoms with E-state index in [0.29, 0.717) is 5.82 Å². The molecule has 0 aromatic carbocycles. The van der Waals surface area contributed by atoms with Gasteiger partial charge in [-0.05, 0) is 6.07 Å². The van der Waals surface area contributed by atoms with Gasteiger partial charge in [0, 0.05) is 11.6 Å². The first-order valence-corrected chi connectivity index (χ1v) is 3.75. The van der Waals surface area contributed by atoms with E-state index >= 15 is 0 Å². The highest BCUT2D eigenvalue weighted by atomic mass is 15.0. The average molecular weight is 161 g/mol. The second-order valence-electron chi connectivity index (χ2n) is 3.60. The molecular weight excluding hydrogens is 150 g/mol. The number of hydrogen-bond acceptors (Lipinski definition) is 2. The van der Waals surface area contributed by atoms with Gasteiger partial charge in [-0.15, -0.1) is 4.98 Å². The topological polar surface area (TPSA) is 30.1 Å². The predicted molar refractivity (Wildman–Crippen MR) is 47.0 cm³/mol. The molecule has 1 heterocycles. The van der Waals surface area contributed by atoms with Gasteiger partial charge in [0.1, 0.15) is 0 Å². The number of aromatic nitrogens is 2. The molecule has 0 aliphatic rings. The third-order valence-corrected chi connectivity index (χ3v) is 1.43. The lowest BCUT2D eigenvalue weighted by atomic mass is 9.96. The summed E-state index contributed by atoms with van der Waals surface area (Å²) >= 11 is 0. The lowest BCUT2D eigenvalue weighted by molar-refractivity contribution is 0.546. The lowest BCUT2D eigenvalue weighted by Crippen LogP contribution is -2.15. The zero-order valence-corrected chi connectivity index (χ0v) is 7.50. The molecule has 0 radical (unpaired) electrons. The number of hydrogen-bond donors (Lipinski definition) is 0. The van der Waals surface area contributed by atoms with Crippen LogP contribution in [0.5, 0.6) is 0 Å². The molecule has 0 unspecified atom stereocenters. The van der Waals surface area contributed by atoms with Crippen molar-refractivity contribution in [2.45, 2.75) is 26.2 Å². The molecule has 3 nitrogen and oxygen atoms in total. The average Bonchev–Trinajstić information content (AvgIpc) is 2.03. The van der Waals surface area contributed by atoms with Crippen LogP contribution in [0.15, 0.2) is 12.3 Å². The Morgan fingerprint density at radius 3 is 2.58 bits per heavy atom. The molecule has 0 saturated carbocycles. The van der Waals surface area contributed by atoms with Gasteiger partial charge >= 0.3 is 0 Å². The Labute approximate surface area is 72.3 Å². The van der Waals surface area contributed by atoms with Crippen molar-refractivity contribution in [2.24, 2.45) is 0 Å². The van der Waals surface area contributed by atoms with Crippen LogP contribution in [0.4, 0.5) is 5.82 Å². The first-order chi connectivity index (χ1) is 5.54. The largest absolute Gasteiger partial charge is 0.361 e. The molecule has 0 atom stereocenters. The molecule has 0 fully saturated rings. The van der Waals surface area contributed by atoms with Crippen molar-refractivity contribution in [3.63, 3.8) is 0 Å². The Kier molecular flexibility index (Phi) is 2.09. The fourth-order valence-corrected chi connectivity index (χ4v) is 0.773. The van der Waals surface area contributed by atoms with E-state index in [1.165, 1.54) is 0 Å². The van der Waals surface area contributed by atoms with Crippen LogP contribution in [-0.4, -0.2) is 9.97 Å². The van der Waals surface area contributed by atoms with Crippen LogP contribution in [0.3, 0.4) is 0 Å². The van der Waals surface area contributed by atoms with Crippen molar-refractivity contribution in [3.05, 3.63) is 29.5 Å². The summed E-state index contributed by atoms with van der Waals surface area (Å²) in [5, 5.41) is 0. The van der Waals surface area contributed by atoms with Gasteiger partial charge in [-0.2, -0.15) is 0 Å². The van der Waals surface area contributed by atoms with E-state index in [-0.39, 0.29) is 5.41 Å². The van der Waals surface area contributed by atoms with Crippen LogP contribution in [0.1, 0.15) is 26.6 Å². The minimum absolute atomic E-state index is 0.0826. The van der Waals surface area contributed by atoms with Gasteiger partial charge in [0.25, 0.3) is 5.82 Å². The van der Waals surface area contributed by atoms with E-state index in [2.05, 4.69) is 14.8 Å². The van der Waals surface area contributed by atoms with Gasteiger partial charge in [-0.25, -0.2) is 4.98 Å². The van der Waals surface area contributed by atoms with Crippen molar-refractivity contribution in [2.75, 3.05) is 0 Å². The molecule has 12 heavy (non-hydrogen) atoms. The standard InChI is InChI=1S/C9H11N3/c1-9(2,3)8-11-6-5-7(10-4)12-8/h5-6H,1-3H3. The van der Waals surface area contributed by atoms with Gasteiger partial charge < -0.3 is 4.85 Å². The van der Waals surface area contributed by atoms with E-state index in [4.69, 9.17) is 6.57 Å². The third kappa shape index (κ3) is 1.79. The minimum Gasteiger partial charge on any atom is -0.361 e. The van der Waals surface area contributed by atoms with Crippen molar-refractivity contribution in [3.8, 4) is 0 Å².